The molecule has 0 aromatic carbocycles. The Hall–Kier alpha value is -1.32. The molecule has 0 unspecified atom stereocenters. The van der Waals surface area contributed by atoms with E-state index in [1.54, 1.807) is 0 Å². The topological polar surface area (TPSA) is 67.5 Å². The number of allylic oxidation sites excluding steroid dienone is 2. The van der Waals surface area contributed by atoms with Gasteiger partial charge < -0.3 is 5.73 Å². The summed E-state index contributed by atoms with van der Waals surface area (Å²) in [7, 11) is 0. The van der Waals surface area contributed by atoms with E-state index in [-0.39, 0.29) is 5.41 Å². The minimum Gasteiger partial charge on any atom is -0.350 e. The van der Waals surface area contributed by atoms with E-state index in [0.29, 0.717) is 0 Å². The van der Waals surface area contributed by atoms with Crippen molar-refractivity contribution in [2.45, 2.75) is 39.5 Å². The van der Waals surface area contributed by atoms with Gasteiger partial charge in [0.25, 0.3) is 0 Å². The van der Waals surface area contributed by atoms with Gasteiger partial charge in [-0.05, 0) is 31.6 Å². The van der Waals surface area contributed by atoms with Crippen LogP contribution in [0.1, 0.15) is 39.5 Å². The average Bonchev–Trinajstić information content (AvgIpc) is 2.65. The largest absolute Gasteiger partial charge is 0.350 e. The highest BCUT2D eigenvalue weighted by Gasteiger charge is 2.39. The summed E-state index contributed by atoms with van der Waals surface area (Å²) in [5.41, 5.74) is 9.88. The zero-order chi connectivity index (χ0) is 11.8. The molecule has 1 fully saturated rings. The van der Waals surface area contributed by atoms with Crippen LogP contribution < -0.4 is 11.2 Å². The molecule has 1 atom stereocenters. The molecule has 0 spiro atoms. The van der Waals surface area contributed by atoms with Crippen molar-refractivity contribution < 1.29 is 4.79 Å². The van der Waals surface area contributed by atoms with Crippen LogP contribution in [-0.4, -0.2) is 11.7 Å². The smallest absolute Gasteiger partial charge is 0.332 e. The van der Waals surface area contributed by atoms with Crippen LogP contribution in [0.3, 0.4) is 0 Å². The van der Waals surface area contributed by atoms with Crippen LogP contribution in [0, 0.1) is 11.3 Å². The predicted molar refractivity (Wildman–Crippen MR) is 64.0 cm³/mol. The highest BCUT2D eigenvalue weighted by Crippen LogP contribution is 2.46. The third-order valence-electron chi connectivity index (χ3n) is 3.79. The van der Waals surface area contributed by atoms with Gasteiger partial charge in [0.05, 0.1) is 0 Å². The first-order valence-electron chi connectivity index (χ1n) is 5.85. The van der Waals surface area contributed by atoms with Gasteiger partial charge in [-0.25, -0.2) is 10.2 Å². The van der Waals surface area contributed by atoms with Crippen LogP contribution in [0.15, 0.2) is 16.8 Å². The molecular formula is C12H19N3O. The number of urea groups is 1. The molecule has 16 heavy (non-hydrogen) atoms. The zero-order valence-corrected chi connectivity index (χ0v) is 9.92. The fourth-order valence-corrected chi connectivity index (χ4v) is 2.94. The van der Waals surface area contributed by atoms with E-state index >= 15 is 0 Å². The van der Waals surface area contributed by atoms with E-state index in [4.69, 9.17) is 5.73 Å². The number of hydrazone groups is 1. The van der Waals surface area contributed by atoms with Crippen LogP contribution >= 0.6 is 0 Å². The maximum absolute atomic E-state index is 10.7. The first-order chi connectivity index (χ1) is 7.51. The van der Waals surface area contributed by atoms with Crippen molar-refractivity contribution >= 4 is 11.7 Å². The molecule has 1 saturated carbocycles. The minimum atomic E-state index is -0.592. The van der Waals surface area contributed by atoms with Crippen molar-refractivity contribution in [3.63, 3.8) is 0 Å². The lowest BCUT2D eigenvalue weighted by Gasteiger charge is -2.37. The number of nitrogens with one attached hydrogen (secondary N) is 1. The van der Waals surface area contributed by atoms with Crippen LogP contribution in [0.4, 0.5) is 4.79 Å². The van der Waals surface area contributed by atoms with E-state index in [1.807, 2.05) is 0 Å². The Balaban J connectivity index is 2.22. The second-order valence-corrected chi connectivity index (χ2v) is 5.13. The van der Waals surface area contributed by atoms with Crippen LogP contribution in [0.25, 0.3) is 0 Å². The molecule has 88 valence electrons. The molecule has 0 radical (unpaired) electrons. The molecular weight excluding hydrogens is 202 g/mol. The van der Waals surface area contributed by atoms with Crippen molar-refractivity contribution in [3.8, 4) is 0 Å². The van der Waals surface area contributed by atoms with E-state index < -0.39 is 6.03 Å². The Labute approximate surface area is 96.0 Å². The highest BCUT2D eigenvalue weighted by atomic mass is 16.2. The summed E-state index contributed by atoms with van der Waals surface area (Å²) in [5, 5.41) is 4.15. The summed E-state index contributed by atoms with van der Waals surface area (Å²) in [6, 6.07) is -0.592. The fraction of sp³-hybridized carbons (Fsp3) is 0.667. The summed E-state index contributed by atoms with van der Waals surface area (Å²) < 4.78 is 0. The molecule has 0 aliphatic heterocycles. The van der Waals surface area contributed by atoms with Gasteiger partial charge in [0, 0.05) is 11.1 Å². The molecule has 0 aromatic heterocycles. The Morgan fingerprint density at radius 3 is 3.00 bits per heavy atom. The molecule has 0 aromatic rings. The van der Waals surface area contributed by atoms with Gasteiger partial charge in [0.1, 0.15) is 0 Å². The lowest BCUT2D eigenvalue weighted by atomic mass is 9.68. The van der Waals surface area contributed by atoms with Gasteiger partial charge in [-0.2, -0.15) is 5.10 Å². The summed E-state index contributed by atoms with van der Waals surface area (Å²) in [5.74, 6) is 0.725. The van der Waals surface area contributed by atoms with Crippen molar-refractivity contribution in [2.24, 2.45) is 22.2 Å². The van der Waals surface area contributed by atoms with Crippen molar-refractivity contribution in [3.05, 3.63) is 11.6 Å². The molecule has 2 amide bonds. The summed E-state index contributed by atoms with van der Waals surface area (Å²) >= 11 is 0. The lowest BCUT2D eigenvalue weighted by Crippen LogP contribution is -2.37. The van der Waals surface area contributed by atoms with Crippen molar-refractivity contribution in [1.82, 2.24) is 5.43 Å². The number of amides is 2. The van der Waals surface area contributed by atoms with Crippen molar-refractivity contribution in [2.75, 3.05) is 0 Å². The van der Waals surface area contributed by atoms with Gasteiger partial charge in [-0.1, -0.05) is 25.5 Å². The number of nitrogens with zero attached hydrogens (tertiary/aromatic N) is 1. The summed E-state index contributed by atoms with van der Waals surface area (Å²) in [4.78, 5) is 10.7. The van der Waals surface area contributed by atoms with E-state index in [9.17, 15) is 4.79 Å². The van der Waals surface area contributed by atoms with Gasteiger partial charge in [0.15, 0.2) is 0 Å². The van der Waals surface area contributed by atoms with E-state index in [2.05, 4.69) is 30.5 Å². The molecule has 2 aliphatic carbocycles. The summed E-state index contributed by atoms with van der Waals surface area (Å²) in [6.45, 7) is 4.36. The van der Waals surface area contributed by atoms with Crippen LogP contribution in [-0.2, 0) is 0 Å². The number of fused-ring (bicyclic) bond motifs is 1. The highest BCUT2D eigenvalue weighted by molar-refractivity contribution is 5.94. The number of primary amides is 1. The third kappa shape index (κ3) is 1.84. The number of nitrogens with two attached hydrogens (primary N) is 1. The Bertz CT molecular complexity index is 368. The quantitative estimate of drug-likeness (QED) is 0.517. The van der Waals surface area contributed by atoms with Gasteiger partial charge in [0.2, 0.25) is 0 Å². The maximum Gasteiger partial charge on any atom is 0.332 e. The number of carbonyl (C=O) groups excluding carboxylic acids is 1. The predicted octanol–water partition coefficient (Wildman–Crippen LogP) is 2.17. The molecule has 2 aliphatic rings. The SMILES string of the molecule is CC1(C)C2=CCC[C@@H]2CC/C1=N/NC(N)=O. The van der Waals surface area contributed by atoms with Gasteiger partial charge in [-0.3, -0.25) is 0 Å². The molecule has 3 N–H and O–H groups in total. The number of carbonyl (C=O) groups is 1. The Morgan fingerprint density at radius 1 is 1.56 bits per heavy atom. The fourth-order valence-electron chi connectivity index (χ4n) is 2.94. The standard InChI is InChI=1S/C12H19N3O/c1-12(2)9-5-3-4-8(9)6-7-10(12)14-15-11(13)16/h5,8H,3-4,6-7H2,1-2H3,(H3,13,15,16)/b14-10-/t8-/m1/s1. The summed E-state index contributed by atoms with van der Waals surface area (Å²) in [6.07, 6.45) is 6.89. The molecule has 4 heteroatoms. The number of rotatable bonds is 1. The molecule has 0 bridgehead atoms. The Morgan fingerprint density at radius 2 is 2.31 bits per heavy atom. The van der Waals surface area contributed by atoms with Crippen molar-refractivity contribution in [1.29, 1.82) is 0 Å². The molecule has 0 heterocycles. The monoisotopic (exact) mass is 221 g/mol. The first kappa shape index (κ1) is 11.2. The third-order valence-corrected chi connectivity index (χ3v) is 3.79. The lowest BCUT2D eigenvalue weighted by molar-refractivity contribution is 0.249. The van der Waals surface area contributed by atoms with Crippen LogP contribution in [0.5, 0.6) is 0 Å². The van der Waals surface area contributed by atoms with Gasteiger partial charge >= 0.3 is 6.03 Å². The average molecular weight is 221 g/mol. The zero-order valence-electron chi connectivity index (χ0n) is 9.92. The molecule has 4 nitrogen and oxygen atoms in total. The number of hydrogen-bond acceptors (Lipinski definition) is 2. The van der Waals surface area contributed by atoms with E-state index in [0.717, 1.165) is 24.5 Å². The molecule has 2 rings (SSSR count). The second kappa shape index (κ2) is 3.92. The van der Waals surface area contributed by atoms with Gasteiger partial charge in [-0.15, -0.1) is 0 Å². The Kier molecular flexibility index (Phi) is 2.74. The second-order valence-electron chi connectivity index (χ2n) is 5.13. The maximum atomic E-state index is 10.7. The molecule has 0 saturated heterocycles. The van der Waals surface area contributed by atoms with Crippen LogP contribution in [0.2, 0.25) is 0 Å². The number of hydrogen-bond donors (Lipinski definition) is 2. The first-order valence-corrected chi connectivity index (χ1v) is 5.85. The minimum absolute atomic E-state index is 0.0259. The normalized spacial score (nSPS) is 29.8. The van der Waals surface area contributed by atoms with E-state index in [1.165, 1.54) is 18.4 Å².